The molecule has 2 aromatic rings. The molecule has 4 rings (SSSR count). The van der Waals surface area contributed by atoms with Crippen molar-refractivity contribution in [2.24, 2.45) is 0 Å². The van der Waals surface area contributed by atoms with E-state index >= 15 is 0 Å². The molecular weight excluding hydrogens is 388 g/mol. The summed E-state index contributed by atoms with van der Waals surface area (Å²) in [5.74, 6) is 0.884. The van der Waals surface area contributed by atoms with Gasteiger partial charge in [0.15, 0.2) is 0 Å². The zero-order valence-corrected chi connectivity index (χ0v) is 18.6. The number of ether oxygens (including phenoxy) is 1. The molecule has 3 heterocycles. The molecule has 0 unspecified atom stereocenters. The summed E-state index contributed by atoms with van der Waals surface area (Å²) in [6.07, 6.45) is 4.15. The van der Waals surface area contributed by atoms with Crippen LogP contribution in [0.1, 0.15) is 31.7 Å². The highest BCUT2D eigenvalue weighted by Crippen LogP contribution is 2.32. The van der Waals surface area contributed by atoms with Gasteiger partial charge in [-0.2, -0.15) is 0 Å². The fourth-order valence-electron chi connectivity index (χ4n) is 4.84. The zero-order chi connectivity index (χ0) is 21.5. The van der Waals surface area contributed by atoms with Gasteiger partial charge in [-0.15, -0.1) is 0 Å². The molecule has 0 saturated carbocycles. The van der Waals surface area contributed by atoms with Crippen LogP contribution in [0.5, 0.6) is 0 Å². The first-order chi connectivity index (χ1) is 15.2. The van der Waals surface area contributed by atoms with Crippen LogP contribution in [0.15, 0.2) is 54.7 Å². The molecule has 0 N–H and O–H groups in total. The lowest BCUT2D eigenvalue weighted by atomic mass is 9.86. The summed E-state index contributed by atoms with van der Waals surface area (Å²) in [5, 5.41) is 0. The number of pyridine rings is 1. The quantitative estimate of drug-likeness (QED) is 0.686. The molecule has 6 heteroatoms. The number of benzene rings is 1. The highest BCUT2D eigenvalue weighted by Gasteiger charge is 2.42. The lowest BCUT2D eigenvalue weighted by Crippen LogP contribution is -2.63. The third-order valence-corrected chi connectivity index (χ3v) is 6.70. The average molecular weight is 423 g/mol. The second kappa shape index (κ2) is 10.4. The van der Waals surface area contributed by atoms with E-state index in [0.29, 0.717) is 13.0 Å². The molecular formula is C25H34N4O2. The lowest BCUT2D eigenvalue weighted by Gasteiger charge is -2.51. The van der Waals surface area contributed by atoms with Crippen molar-refractivity contribution in [3.05, 3.63) is 60.3 Å². The zero-order valence-electron chi connectivity index (χ0n) is 18.6. The smallest absolute Gasteiger partial charge is 0.227 e. The minimum atomic E-state index is -0.0561. The van der Waals surface area contributed by atoms with Crippen molar-refractivity contribution in [3.8, 4) is 0 Å². The maximum atomic E-state index is 12.9. The van der Waals surface area contributed by atoms with E-state index in [1.807, 2.05) is 30.0 Å². The molecule has 1 aromatic heterocycles. The molecule has 2 fully saturated rings. The van der Waals surface area contributed by atoms with Crippen molar-refractivity contribution in [3.63, 3.8) is 0 Å². The summed E-state index contributed by atoms with van der Waals surface area (Å²) in [4.78, 5) is 24.4. The Morgan fingerprint density at radius 3 is 2.39 bits per heavy atom. The van der Waals surface area contributed by atoms with Crippen LogP contribution in [0, 0.1) is 0 Å². The molecule has 2 aliphatic rings. The van der Waals surface area contributed by atoms with Crippen molar-refractivity contribution < 1.29 is 9.53 Å². The van der Waals surface area contributed by atoms with Crippen LogP contribution in [-0.4, -0.2) is 72.2 Å². The molecule has 0 bridgehead atoms. The predicted octanol–water partition coefficient (Wildman–Crippen LogP) is 3.19. The number of hydrogen-bond acceptors (Lipinski definition) is 5. The van der Waals surface area contributed by atoms with Gasteiger partial charge < -0.3 is 4.74 Å². The van der Waals surface area contributed by atoms with Crippen molar-refractivity contribution in [1.82, 2.24) is 14.8 Å². The van der Waals surface area contributed by atoms with Crippen molar-refractivity contribution in [2.45, 2.75) is 38.3 Å². The molecule has 31 heavy (non-hydrogen) atoms. The molecule has 1 amide bonds. The molecule has 6 nitrogen and oxygen atoms in total. The van der Waals surface area contributed by atoms with Gasteiger partial charge in [-0.3, -0.25) is 19.5 Å². The van der Waals surface area contributed by atoms with Gasteiger partial charge in [0.2, 0.25) is 5.91 Å². The first kappa shape index (κ1) is 21.9. The fourth-order valence-corrected chi connectivity index (χ4v) is 4.84. The first-order valence-electron chi connectivity index (χ1n) is 11.5. The van der Waals surface area contributed by atoms with E-state index in [-0.39, 0.29) is 11.4 Å². The van der Waals surface area contributed by atoms with Gasteiger partial charge >= 0.3 is 0 Å². The van der Waals surface area contributed by atoms with Gasteiger partial charge in [0.05, 0.1) is 0 Å². The largest absolute Gasteiger partial charge is 0.381 e. The second-order valence-corrected chi connectivity index (χ2v) is 8.61. The third kappa shape index (κ3) is 5.32. The number of nitrogens with zero attached hydrogens (tertiary/aromatic N) is 4. The molecule has 2 aliphatic heterocycles. The average Bonchev–Trinajstić information content (AvgIpc) is 2.84. The number of anilines is 1. The number of carbonyl (C=O) groups excluding carboxylic acids is 1. The SMILES string of the molecule is CCC(=O)N(CC1(N2CCN(Cc3ccccc3)CC2)CCOCC1)c1ccccn1. The Kier molecular flexibility index (Phi) is 7.33. The Morgan fingerprint density at radius 1 is 1.03 bits per heavy atom. The molecule has 1 aromatic carbocycles. The van der Waals surface area contributed by atoms with E-state index in [1.54, 1.807) is 6.20 Å². The normalized spacial score (nSPS) is 19.8. The Bertz CT molecular complexity index is 816. The molecule has 0 spiro atoms. The van der Waals surface area contributed by atoms with Crippen molar-refractivity contribution >= 4 is 11.7 Å². The van der Waals surface area contributed by atoms with Gasteiger partial charge in [-0.25, -0.2) is 4.98 Å². The number of hydrogen-bond donors (Lipinski definition) is 0. The maximum Gasteiger partial charge on any atom is 0.227 e. The van der Waals surface area contributed by atoms with E-state index < -0.39 is 0 Å². The Balaban J connectivity index is 1.48. The second-order valence-electron chi connectivity index (χ2n) is 8.61. The van der Waals surface area contributed by atoms with Gasteiger partial charge in [-0.1, -0.05) is 43.3 Å². The van der Waals surface area contributed by atoms with E-state index in [9.17, 15) is 4.79 Å². The van der Waals surface area contributed by atoms with Gasteiger partial charge in [0, 0.05) is 70.6 Å². The van der Waals surface area contributed by atoms with Crippen LogP contribution in [0.3, 0.4) is 0 Å². The number of aromatic nitrogens is 1. The topological polar surface area (TPSA) is 48.9 Å². The Hall–Kier alpha value is -2.28. The number of amides is 1. The standard InChI is InChI=1S/C25H34N4O2/c1-2-24(30)29(23-10-6-7-13-26-23)21-25(11-18-31-19-12-25)28-16-14-27(15-17-28)20-22-8-4-3-5-9-22/h3-10,13H,2,11-12,14-21H2,1H3. The summed E-state index contributed by atoms with van der Waals surface area (Å²) in [6.45, 7) is 9.23. The van der Waals surface area contributed by atoms with E-state index in [2.05, 4.69) is 45.1 Å². The summed E-state index contributed by atoms with van der Waals surface area (Å²) in [5.41, 5.74) is 1.31. The molecule has 0 aliphatic carbocycles. The third-order valence-electron chi connectivity index (χ3n) is 6.70. The van der Waals surface area contributed by atoms with Gasteiger partial charge in [0.1, 0.15) is 5.82 Å². The lowest BCUT2D eigenvalue weighted by molar-refractivity contribution is -0.119. The van der Waals surface area contributed by atoms with Crippen LogP contribution in [-0.2, 0) is 16.1 Å². The van der Waals surface area contributed by atoms with Crippen LogP contribution in [0.25, 0.3) is 0 Å². The number of piperazine rings is 1. The highest BCUT2D eigenvalue weighted by atomic mass is 16.5. The first-order valence-corrected chi connectivity index (χ1v) is 11.5. The summed E-state index contributed by atoms with van der Waals surface area (Å²) in [7, 11) is 0. The monoisotopic (exact) mass is 422 g/mol. The van der Waals surface area contributed by atoms with E-state index in [4.69, 9.17) is 4.74 Å². The Labute approximate surface area is 185 Å². The summed E-state index contributed by atoms with van der Waals surface area (Å²) < 4.78 is 5.73. The van der Waals surface area contributed by atoms with Crippen LogP contribution < -0.4 is 4.90 Å². The van der Waals surface area contributed by atoms with Crippen molar-refractivity contribution in [2.75, 3.05) is 50.8 Å². The Morgan fingerprint density at radius 2 is 1.74 bits per heavy atom. The maximum absolute atomic E-state index is 12.9. The fraction of sp³-hybridized carbons (Fsp3) is 0.520. The van der Waals surface area contributed by atoms with Gasteiger partial charge in [-0.05, 0) is 30.5 Å². The number of rotatable bonds is 7. The summed E-state index contributed by atoms with van der Waals surface area (Å²) >= 11 is 0. The molecule has 2 saturated heterocycles. The molecule has 166 valence electrons. The molecule has 0 radical (unpaired) electrons. The highest BCUT2D eigenvalue weighted by molar-refractivity contribution is 5.92. The van der Waals surface area contributed by atoms with E-state index in [0.717, 1.165) is 64.6 Å². The van der Waals surface area contributed by atoms with Gasteiger partial charge in [0.25, 0.3) is 0 Å². The molecule has 0 atom stereocenters. The minimum absolute atomic E-state index is 0.0561. The predicted molar refractivity (Wildman–Crippen MR) is 123 cm³/mol. The van der Waals surface area contributed by atoms with E-state index in [1.165, 1.54) is 5.56 Å². The number of carbonyl (C=O) groups is 1. The van der Waals surface area contributed by atoms with Crippen LogP contribution >= 0.6 is 0 Å². The van der Waals surface area contributed by atoms with Crippen molar-refractivity contribution in [1.29, 1.82) is 0 Å². The minimum Gasteiger partial charge on any atom is -0.381 e. The summed E-state index contributed by atoms with van der Waals surface area (Å²) in [6, 6.07) is 16.5. The van der Waals surface area contributed by atoms with Crippen LogP contribution in [0.2, 0.25) is 0 Å². The van der Waals surface area contributed by atoms with Crippen LogP contribution in [0.4, 0.5) is 5.82 Å².